The number of unbranched alkanes of at least 4 members (excludes halogenated alkanes) is 30. The molecule has 468 valence electrons. The summed E-state index contributed by atoms with van der Waals surface area (Å²) in [5.74, 6) is -0.522. The van der Waals surface area contributed by atoms with Gasteiger partial charge < -0.3 is 27.8 Å². The van der Waals surface area contributed by atoms with Gasteiger partial charge in [0, 0.05) is 22.2 Å². The fraction of sp³-hybridized carbons (Fsp3) is 0.824. The van der Waals surface area contributed by atoms with Crippen LogP contribution in [0.1, 0.15) is 272 Å². The van der Waals surface area contributed by atoms with Gasteiger partial charge in [0.1, 0.15) is 17.7 Å². The van der Waals surface area contributed by atoms with Crippen LogP contribution in [0, 0.1) is 11.6 Å². The van der Waals surface area contributed by atoms with E-state index in [1.54, 1.807) is 0 Å². The van der Waals surface area contributed by atoms with Crippen LogP contribution in [0.25, 0.3) is 0 Å². The highest BCUT2D eigenvalue weighted by Crippen LogP contribution is 2.38. The van der Waals surface area contributed by atoms with Gasteiger partial charge >= 0.3 is 0 Å². The van der Waals surface area contributed by atoms with Crippen LogP contribution in [0.4, 0.5) is 8.78 Å². The van der Waals surface area contributed by atoms with E-state index >= 15 is 0 Å². The van der Waals surface area contributed by atoms with Crippen molar-refractivity contribution in [3.05, 3.63) is 68.1 Å². The average molecular weight is 1290 g/mol. The van der Waals surface area contributed by atoms with Crippen LogP contribution in [-0.2, 0) is 41.0 Å². The Kier molecular flexibility index (Phi) is 46.1. The highest BCUT2D eigenvalue weighted by Gasteiger charge is 2.40. The smallest absolute Gasteiger partial charge is 0.192 e. The molecule has 6 nitrogen and oxygen atoms in total. The molecule has 2 aromatic carbocycles. The number of benzene rings is 2. The largest absolute Gasteiger partial charge is 0.414 e. The number of rotatable bonds is 50. The maximum atomic E-state index is 13.8. The Labute approximate surface area is 512 Å². The zero-order chi connectivity index (χ0) is 59.4. The summed E-state index contributed by atoms with van der Waals surface area (Å²) in [7, 11) is -3.85. The highest BCUT2D eigenvalue weighted by atomic mass is 79.9. The van der Waals surface area contributed by atoms with E-state index in [9.17, 15) is 8.78 Å². The predicted octanol–water partition coefficient (Wildman–Crippen LogP) is 23.5. The number of ether oxygens (including phenoxy) is 4. The van der Waals surface area contributed by atoms with Crippen molar-refractivity contribution in [1.29, 1.82) is 0 Å². The number of halogens is 4. The molecular weight excluding hydrogens is 1170 g/mol. The second kappa shape index (κ2) is 47.6. The monoisotopic (exact) mass is 1290 g/mol. The summed E-state index contributed by atoms with van der Waals surface area (Å²) in [5, 5.41) is 0.256. The summed E-state index contributed by atoms with van der Waals surface area (Å²) < 4.78 is 66.2. The maximum Gasteiger partial charge on any atom is 0.192 e. The molecule has 2 rings (SSSR count). The van der Waals surface area contributed by atoms with Crippen LogP contribution in [0.5, 0.6) is 0 Å². The molecule has 0 heterocycles. The molecule has 0 saturated carbocycles. The van der Waals surface area contributed by atoms with E-state index in [2.05, 4.69) is 113 Å². The molecule has 0 amide bonds. The van der Waals surface area contributed by atoms with E-state index in [4.69, 9.17) is 27.8 Å². The Morgan fingerprint density at radius 2 is 0.700 bits per heavy atom. The minimum Gasteiger partial charge on any atom is -0.414 e. The maximum absolute atomic E-state index is 13.8. The van der Waals surface area contributed by atoms with E-state index in [-0.39, 0.29) is 33.9 Å². The first kappa shape index (κ1) is 77.5. The quantitative estimate of drug-likeness (QED) is 0.0486. The molecule has 0 radical (unpaired) electrons. The van der Waals surface area contributed by atoms with Gasteiger partial charge in [0.15, 0.2) is 16.6 Å². The molecule has 0 fully saturated rings. The van der Waals surface area contributed by atoms with Crippen LogP contribution in [-0.4, -0.2) is 68.5 Å². The molecular formula is C68H124Br2F2O6Si2. The summed E-state index contributed by atoms with van der Waals surface area (Å²) >= 11 is 6.72. The van der Waals surface area contributed by atoms with Crippen LogP contribution < -0.4 is 0 Å². The lowest BCUT2D eigenvalue weighted by Crippen LogP contribution is -2.46. The van der Waals surface area contributed by atoms with E-state index in [0.29, 0.717) is 39.6 Å². The second-order valence-electron chi connectivity index (χ2n) is 26.3. The van der Waals surface area contributed by atoms with Crippen LogP contribution >= 0.6 is 31.9 Å². The molecule has 0 spiro atoms. The lowest BCUT2D eigenvalue weighted by atomic mass is 10.0. The van der Waals surface area contributed by atoms with Crippen molar-refractivity contribution in [2.75, 3.05) is 39.6 Å². The minimum absolute atomic E-state index is 0.112. The van der Waals surface area contributed by atoms with Gasteiger partial charge in [0.2, 0.25) is 0 Å². The van der Waals surface area contributed by atoms with Gasteiger partial charge in [-0.2, -0.15) is 0 Å². The average Bonchev–Trinajstić information content (AvgIpc) is 3.37. The predicted molar refractivity (Wildman–Crippen MR) is 352 cm³/mol. The van der Waals surface area contributed by atoms with Gasteiger partial charge in [-0.3, -0.25) is 0 Å². The third kappa shape index (κ3) is 42.3. The highest BCUT2D eigenvalue weighted by molar-refractivity contribution is 9.10. The van der Waals surface area contributed by atoms with Crippen molar-refractivity contribution in [2.45, 2.75) is 323 Å². The van der Waals surface area contributed by atoms with Gasteiger partial charge in [0.25, 0.3) is 0 Å². The van der Waals surface area contributed by atoms with Crippen LogP contribution in [0.3, 0.4) is 0 Å². The molecule has 2 aromatic rings. The van der Waals surface area contributed by atoms with Crippen LogP contribution in [0.15, 0.2) is 45.3 Å². The van der Waals surface area contributed by atoms with Gasteiger partial charge in [-0.1, -0.05) is 280 Å². The van der Waals surface area contributed by atoms with Crippen molar-refractivity contribution in [2.24, 2.45) is 0 Å². The SMILES string of the molecule is CCCCCCCCCCCCCCCCCCOC[C@H](COCc1cc(F)cc(Br)c1)O[Si](C)(C)C(C)(C)C.CCCCCCCCCCCCCCCCCCOC[C@H](CO[Si](C)(C)C(C)(C)C)OCc1cc(F)cc(Br)c1. The molecule has 12 heteroatoms. The molecule has 0 bridgehead atoms. The molecule has 0 N–H and O–H groups in total. The Morgan fingerprint density at radius 1 is 0.388 bits per heavy atom. The first-order chi connectivity index (χ1) is 38.1. The van der Waals surface area contributed by atoms with Gasteiger partial charge in [-0.05, 0) is 96.6 Å². The number of hydrogen-bond acceptors (Lipinski definition) is 6. The summed E-state index contributed by atoms with van der Waals surface area (Å²) in [6.45, 7) is 31.3. The van der Waals surface area contributed by atoms with Gasteiger partial charge in [-0.25, -0.2) is 8.78 Å². The molecule has 80 heavy (non-hydrogen) atoms. The van der Waals surface area contributed by atoms with E-state index in [1.165, 1.54) is 217 Å². The normalized spacial score (nSPS) is 13.2. The van der Waals surface area contributed by atoms with E-state index < -0.39 is 16.6 Å². The molecule has 2 atom stereocenters. The molecule has 0 aromatic heterocycles. The van der Waals surface area contributed by atoms with Gasteiger partial charge in [-0.15, -0.1) is 0 Å². The Hall–Kier alpha value is -0.546. The van der Waals surface area contributed by atoms with E-state index in [0.717, 1.165) is 46.1 Å². The summed E-state index contributed by atoms with van der Waals surface area (Å²) in [6, 6.07) is 9.74. The first-order valence-corrected chi connectivity index (χ1v) is 40.1. The lowest BCUT2D eigenvalue weighted by molar-refractivity contribution is -0.0477. The molecule has 0 unspecified atom stereocenters. The summed E-state index contributed by atoms with van der Waals surface area (Å²) in [4.78, 5) is 0. The Morgan fingerprint density at radius 3 is 1.04 bits per heavy atom. The molecule has 0 aliphatic heterocycles. The van der Waals surface area contributed by atoms with Crippen molar-refractivity contribution >= 4 is 48.5 Å². The minimum atomic E-state index is -1.96. The Balaban J connectivity index is 0.000000800. The zero-order valence-corrected chi connectivity index (χ0v) is 59.0. The lowest BCUT2D eigenvalue weighted by Gasteiger charge is -2.39. The third-order valence-electron chi connectivity index (χ3n) is 16.5. The Bertz CT molecular complexity index is 1720. The van der Waals surface area contributed by atoms with Crippen molar-refractivity contribution in [3.8, 4) is 0 Å². The topological polar surface area (TPSA) is 55.4 Å². The first-order valence-electron chi connectivity index (χ1n) is 32.7. The van der Waals surface area contributed by atoms with Crippen molar-refractivity contribution in [3.63, 3.8) is 0 Å². The molecule has 0 aliphatic carbocycles. The molecule has 0 saturated heterocycles. The number of hydrogen-bond donors (Lipinski definition) is 0. The fourth-order valence-corrected chi connectivity index (χ4v) is 12.6. The van der Waals surface area contributed by atoms with Crippen LogP contribution in [0.2, 0.25) is 36.3 Å². The zero-order valence-electron chi connectivity index (χ0n) is 53.9. The van der Waals surface area contributed by atoms with Crippen molar-refractivity contribution in [1.82, 2.24) is 0 Å². The summed E-state index contributed by atoms with van der Waals surface area (Å²) in [5.41, 5.74) is 1.62. The molecule has 0 aliphatic rings. The van der Waals surface area contributed by atoms with Crippen molar-refractivity contribution < 1.29 is 36.6 Å². The third-order valence-corrected chi connectivity index (χ3v) is 26.4. The second-order valence-corrected chi connectivity index (χ2v) is 37.7. The van der Waals surface area contributed by atoms with E-state index in [1.807, 2.05) is 12.1 Å². The van der Waals surface area contributed by atoms with Gasteiger partial charge in [0.05, 0.1) is 45.7 Å². The standard InChI is InChI=1S/2C34H62BrFO3Si/c1-7-8-9-10-11-12-13-14-15-16-17-18-19-20-21-22-23-37-28-33(29-39-40(5,6)34(2,3)4)38-27-30-24-31(35)26-32(36)25-30;1-7-8-9-10-11-12-13-14-15-16-17-18-19-20-21-22-23-37-28-33(39-40(5,6)34(2,3)4)29-38-27-30-24-31(35)26-32(36)25-30/h2*24-26,33H,7-23,27-29H2,1-6H3/t2*33-/m11/s1. The fourth-order valence-electron chi connectivity index (χ4n) is 9.22. The summed E-state index contributed by atoms with van der Waals surface area (Å²) in [6.07, 6.45) is 43.6.